The van der Waals surface area contributed by atoms with Crippen molar-refractivity contribution >= 4 is 11.7 Å². The Morgan fingerprint density at radius 1 is 1.15 bits per heavy atom. The van der Waals surface area contributed by atoms with E-state index < -0.39 is 0 Å². The molecule has 0 aromatic carbocycles. The van der Waals surface area contributed by atoms with Crippen LogP contribution in [0.4, 0.5) is 4.79 Å². The summed E-state index contributed by atoms with van der Waals surface area (Å²) in [5, 5.41) is 3.05. The first-order valence-electron chi connectivity index (χ1n) is 9.18. The fourth-order valence-corrected chi connectivity index (χ4v) is 3.62. The number of urea groups is 1. The molecule has 0 aliphatic carbocycles. The average molecular weight is 349 g/mol. The summed E-state index contributed by atoms with van der Waals surface area (Å²) in [6.07, 6.45) is 11.9. The summed E-state index contributed by atoms with van der Waals surface area (Å²) in [7, 11) is 0. The van der Waals surface area contributed by atoms with Gasteiger partial charge in [0.15, 0.2) is 0 Å². The molecular weight excluding hydrogens is 326 g/mol. The van der Waals surface area contributed by atoms with Gasteiger partial charge in [0.25, 0.3) is 0 Å². The summed E-state index contributed by atoms with van der Waals surface area (Å²) in [4.78, 5) is 23.5. The molecule has 3 aromatic heterocycles. The van der Waals surface area contributed by atoms with E-state index in [0.29, 0.717) is 6.54 Å². The average Bonchev–Trinajstić information content (AvgIpc) is 2.94. The van der Waals surface area contributed by atoms with Crippen molar-refractivity contribution in [1.82, 2.24) is 24.6 Å². The summed E-state index contributed by atoms with van der Waals surface area (Å²) < 4.78 is 1.97. The van der Waals surface area contributed by atoms with E-state index in [1.54, 1.807) is 12.4 Å². The number of fused-ring (bicyclic) bond motifs is 1. The normalized spacial score (nSPS) is 17.8. The molecule has 1 aliphatic heterocycles. The lowest BCUT2D eigenvalue weighted by atomic mass is 10.0. The molecule has 0 saturated carbocycles. The number of nitrogens with zero attached hydrogens (tertiary/aromatic N) is 4. The Hall–Kier alpha value is -2.89. The largest absolute Gasteiger partial charge is 0.332 e. The van der Waals surface area contributed by atoms with E-state index in [2.05, 4.69) is 15.3 Å². The van der Waals surface area contributed by atoms with Gasteiger partial charge in [-0.2, -0.15) is 0 Å². The molecule has 1 N–H and O–H groups in total. The maximum absolute atomic E-state index is 12.9. The SMILES string of the molecule is O=C(NCc1cn2ccccc2n1)N1CCCCCC1c1ccncc1. The van der Waals surface area contributed by atoms with Gasteiger partial charge in [0, 0.05) is 31.3 Å². The van der Waals surface area contributed by atoms with Gasteiger partial charge in [-0.05, 0) is 42.7 Å². The highest BCUT2D eigenvalue weighted by atomic mass is 16.2. The van der Waals surface area contributed by atoms with E-state index in [1.165, 1.54) is 0 Å². The Bertz CT molecular complexity index is 843. The Morgan fingerprint density at radius 2 is 2.04 bits per heavy atom. The smallest absolute Gasteiger partial charge is 0.318 e. The van der Waals surface area contributed by atoms with Gasteiger partial charge in [-0.3, -0.25) is 4.98 Å². The van der Waals surface area contributed by atoms with Crippen LogP contribution in [0.1, 0.15) is 43.0 Å². The number of rotatable bonds is 3. The van der Waals surface area contributed by atoms with Crippen LogP contribution in [-0.2, 0) is 6.54 Å². The molecule has 1 aliphatic rings. The number of hydrogen-bond acceptors (Lipinski definition) is 3. The second-order valence-electron chi connectivity index (χ2n) is 6.70. The number of carbonyl (C=O) groups is 1. The molecule has 134 valence electrons. The van der Waals surface area contributed by atoms with Gasteiger partial charge in [-0.15, -0.1) is 0 Å². The molecule has 4 rings (SSSR count). The summed E-state index contributed by atoms with van der Waals surface area (Å²) in [5.74, 6) is 0. The maximum Gasteiger partial charge on any atom is 0.318 e. The standard InChI is InChI=1S/C20H23N5O/c26-20(22-14-17-15-24-12-5-3-7-19(24)23-17)25-13-4-1-2-6-18(25)16-8-10-21-11-9-16/h3,5,7-12,15,18H,1-2,4,6,13-14H2,(H,22,26). The summed E-state index contributed by atoms with van der Waals surface area (Å²) >= 11 is 0. The Morgan fingerprint density at radius 3 is 2.88 bits per heavy atom. The first kappa shape index (κ1) is 16.6. The molecule has 6 nitrogen and oxygen atoms in total. The molecule has 1 atom stereocenters. The molecule has 0 radical (unpaired) electrons. The summed E-state index contributed by atoms with van der Waals surface area (Å²) in [5.41, 5.74) is 2.91. The van der Waals surface area contributed by atoms with Crippen molar-refractivity contribution in [2.75, 3.05) is 6.54 Å². The molecule has 1 unspecified atom stereocenters. The van der Waals surface area contributed by atoms with Crippen LogP contribution in [-0.4, -0.2) is 31.8 Å². The van der Waals surface area contributed by atoms with Gasteiger partial charge in [-0.1, -0.05) is 18.9 Å². The van der Waals surface area contributed by atoms with E-state index in [4.69, 9.17) is 0 Å². The highest BCUT2D eigenvalue weighted by Gasteiger charge is 2.26. The zero-order valence-electron chi connectivity index (χ0n) is 14.7. The van der Waals surface area contributed by atoms with Crippen molar-refractivity contribution in [1.29, 1.82) is 0 Å². The topological polar surface area (TPSA) is 62.5 Å². The van der Waals surface area contributed by atoms with Gasteiger partial charge < -0.3 is 14.6 Å². The third-order valence-corrected chi connectivity index (χ3v) is 4.94. The second kappa shape index (κ2) is 7.56. The van der Waals surface area contributed by atoms with Crippen LogP contribution in [0.5, 0.6) is 0 Å². The molecule has 0 bridgehead atoms. The zero-order chi connectivity index (χ0) is 17.8. The Kier molecular flexibility index (Phi) is 4.82. The molecule has 2 amide bonds. The monoisotopic (exact) mass is 349 g/mol. The number of carbonyl (C=O) groups excluding carboxylic acids is 1. The first-order chi connectivity index (χ1) is 12.8. The van der Waals surface area contributed by atoms with Crippen LogP contribution >= 0.6 is 0 Å². The van der Waals surface area contributed by atoms with Crippen LogP contribution in [0.25, 0.3) is 5.65 Å². The molecule has 3 aromatic rings. The van der Waals surface area contributed by atoms with Gasteiger partial charge >= 0.3 is 6.03 Å². The lowest BCUT2D eigenvalue weighted by Gasteiger charge is -2.30. The van der Waals surface area contributed by atoms with Crippen LogP contribution < -0.4 is 5.32 Å². The van der Waals surface area contributed by atoms with Crippen molar-refractivity contribution in [3.63, 3.8) is 0 Å². The van der Waals surface area contributed by atoms with Gasteiger partial charge in [0.05, 0.1) is 18.3 Å². The molecule has 26 heavy (non-hydrogen) atoms. The number of pyridine rings is 2. The van der Waals surface area contributed by atoms with Crippen molar-refractivity contribution in [2.45, 2.75) is 38.3 Å². The van der Waals surface area contributed by atoms with E-state index in [-0.39, 0.29) is 12.1 Å². The second-order valence-corrected chi connectivity index (χ2v) is 6.70. The lowest BCUT2D eigenvalue weighted by molar-refractivity contribution is 0.175. The van der Waals surface area contributed by atoms with Crippen molar-refractivity contribution in [3.8, 4) is 0 Å². The predicted molar refractivity (Wildman–Crippen MR) is 99.6 cm³/mol. The fraction of sp³-hybridized carbons (Fsp3) is 0.350. The van der Waals surface area contributed by atoms with E-state index in [0.717, 1.165) is 49.1 Å². The number of aromatic nitrogens is 3. The zero-order valence-corrected chi connectivity index (χ0v) is 14.7. The van der Waals surface area contributed by atoms with Crippen LogP contribution in [0.3, 0.4) is 0 Å². The van der Waals surface area contributed by atoms with Crippen molar-refractivity contribution < 1.29 is 4.79 Å². The van der Waals surface area contributed by atoms with E-state index in [1.807, 2.05) is 52.0 Å². The number of likely N-dealkylation sites (tertiary alicyclic amines) is 1. The maximum atomic E-state index is 12.9. The third kappa shape index (κ3) is 3.54. The molecule has 6 heteroatoms. The molecule has 1 saturated heterocycles. The van der Waals surface area contributed by atoms with Gasteiger partial charge in [-0.25, -0.2) is 9.78 Å². The minimum Gasteiger partial charge on any atom is -0.332 e. The molecule has 4 heterocycles. The number of hydrogen-bond donors (Lipinski definition) is 1. The fourth-order valence-electron chi connectivity index (χ4n) is 3.62. The minimum absolute atomic E-state index is 0.0224. The van der Waals surface area contributed by atoms with Gasteiger partial charge in [0.2, 0.25) is 0 Å². The number of nitrogens with one attached hydrogen (secondary N) is 1. The highest BCUT2D eigenvalue weighted by molar-refractivity contribution is 5.74. The number of imidazole rings is 1. The highest BCUT2D eigenvalue weighted by Crippen LogP contribution is 2.29. The van der Waals surface area contributed by atoms with Gasteiger partial charge in [0.1, 0.15) is 5.65 Å². The van der Waals surface area contributed by atoms with E-state index >= 15 is 0 Å². The summed E-state index contributed by atoms with van der Waals surface area (Å²) in [6, 6.07) is 10.00. The Balaban J connectivity index is 1.47. The van der Waals surface area contributed by atoms with Crippen molar-refractivity contribution in [3.05, 3.63) is 66.4 Å². The quantitative estimate of drug-likeness (QED) is 0.786. The van der Waals surface area contributed by atoms with E-state index in [9.17, 15) is 4.79 Å². The molecule has 1 fully saturated rings. The molecule has 0 spiro atoms. The molecular formula is C20H23N5O. The summed E-state index contributed by atoms with van der Waals surface area (Å²) in [6.45, 7) is 1.21. The Labute approximate surface area is 152 Å². The first-order valence-corrected chi connectivity index (χ1v) is 9.18. The minimum atomic E-state index is -0.0224. The van der Waals surface area contributed by atoms with Crippen LogP contribution in [0.2, 0.25) is 0 Å². The van der Waals surface area contributed by atoms with Crippen LogP contribution in [0, 0.1) is 0 Å². The third-order valence-electron chi connectivity index (χ3n) is 4.94. The van der Waals surface area contributed by atoms with Crippen molar-refractivity contribution in [2.24, 2.45) is 0 Å². The number of amides is 2. The lowest BCUT2D eigenvalue weighted by Crippen LogP contribution is -2.42. The van der Waals surface area contributed by atoms with Crippen LogP contribution in [0.15, 0.2) is 55.1 Å². The predicted octanol–water partition coefficient (Wildman–Crippen LogP) is 3.56.